The Hall–Kier alpha value is -3.18. The van der Waals surface area contributed by atoms with Crippen LogP contribution in [0.5, 0.6) is 0 Å². The Morgan fingerprint density at radius 3 is 2.34 bits per heavy atom. The molecular weight excluding hydrogens is 416 g/mol. The number of aliphatic hydroxyl groups is 2. The van der Waals surface area contributed by atoms with Gasteiger partial charge in [0.25, 0.3) is 5.69 Å². The molecule has 10 heteroatoms. The maximum atomic E-state index is 14.2. The van der Waals surface area contributed by atoms with Crippen molar-refractivity contribution in [3.05, 3.63) is 69.8 Å². The molecule has 2 unspecified atom stereocenters. The van der Waals surface area contributed by atoms with E-state index < -0.39 is 34.5 Å². The van der Waals surface area contributed by atoms with Crippen LogP contribution in [0.3, 0.4) is 0 Å². The van der Waals surface area contributed by atoms with Gasteiger partial charge in [-0.2, -0.15) is 0 Å². The van der Waals surface area contributed by atoms with Crippen molar-refractivity contribution in [3.63, 3.8) is 0 Å². The first-order chi connectivity index (χ1) is 15.3. The van der Waals surface area contributed by atoms with Crippen LogP contribution in [0.4, 0.5) is 11.4 Å². The topological polar surface area (TPSA) is 150 Å². The lowest BCUT2D eigenvalue weighted by atomic mass is 9.77. The first-order valence-electron chi connectivity index (χ1n) is 10.2. The smallest absolute Gasteiger partial charge is 0.269 e. The molecule has 2 saturated heterocycles. The van der Waals surface area contributed by atoms with Crippen LogP contribution in [0.1, 0.15) is 17.2 Å². The summed E-state index contributed by atoms with van der Waals surface area (Å²) in [5.41, 5.74) is 5.00. The van der Waals surface area contributed by atoms with Crippen LogP contribution in [0, 0.1) is 10.1 Å². The molecule has 2 aliphatic heterocycles. The molecule has 0 aromatic heterocycles. The molecule has 10 nitrogen and oxygen atoms in total. The molecule has 0 radical (unpaired) electrons. The highest BCUT2D eigenvalue weighted by atomic mass is 16.6. The van der Waals surface area contributed by atoms with Crippen molar-refractivity contribution in [1.29, 1.82) is 0 Å². The minimum atomic E-state index is -1.85. The zero-order valence-electron chi connectivity index (χ0n) is 17.2. The monoisotopic (exact) mass is 440 g/mol. The number of anilines is 1. The van der Waals surface area contributed by atoms with Gasteiger partial charge in [0, 0.05) is 44.0 Å². The number of aliphatic hydroxyl groups excluding tert-OH is 2. The van der Waals surface area contributed by atoms with E-state index in [4.69, 9.17) is 5.73 Å². The number of carbonyl (C=O) groups excluding carboxylic acids is 2. The number of nitrogen functional groups attached to an aromatic ring is 1. The third-order valence-electron chi connectivity index (χ3n) is 6.13. The van der Waals surface area contributed by atoms with Crippen molar-refractivity contribution in [2.45, 2.75) is 23.8 Å². The van der Waals surface area contributed by atoms with Gasteiger partial charge in [-0.3, -0.25) is 24.7 Å². The number of benzene rings is 2. The van der Waals surface area contributed by atoms with Crippen LogP contribution in [0.2, 0.25) is 0 Å². The third kappa shape index (κ3) is 3.67. The van der Waals surface area contributed by atoms with Crippen LogP contribution in [0.25, 0.3) is 0 Å². The summed E-state index contributed by atoms with van der Waals surface area (Å²) < 4.78 is 0. The van der Waals surface area contributed by atoms with E-state index in [1.54, 1.807) is 29.2 Å². The fraction of sp³-hybridized carbons (Fsp3) is 0.364. The Morgan fingerprint density at radius 1 is 1.12 bits per heavy atom. The van der Waals surface area contributed by atoms with E-state index in [1.807, 2.05) is 0 Å². The summed E-state index contributed by atoms with van der Waals surface area (Å²) in [6, 6.07) is 11.3. The van der Waals surface area contributed by atoms with Gasteiger partial charge in [-0.1, -0.05) is 24.3 Å². The van der Waals surface area contributed by atoms with Gasteiger partial charge in [-0.05, 0) is 23.3 Å². The highest BCUT2D eigenvalue weighted by molar-refractivity contribution is 6.07. The summed E-state index contributed by atoms with van der Waals surface area (Å²) in [5, 5.41) is 31.1. The minimum absolute atomic E-state index is 0.0689. The van der Waals surface area contributed by atoms with Gasteiger partial charge >= 0.3 is 0 Å². The standard InChI is InChI=1S/C22H24N4O6/c23-16-5-1-3-14(7-16)20(24-9-18(28)10-24)21(30)22(13-27,25-11-19(29)12-25)15-4-2-6-17(8-15)26(31)32/h1-8,13,18-20,28-29H,9-12,23H2. The number of nitro groups is 1. The van der Waals surface area contributed by atoms with Crippen LogP contribution >= 0.6 is 0 Å². The van der Waals surface area contributed by atoms with E-state index in [0.717, 1.165) is 0 Å². The summed E-state index contributed by atoms with van der Waals surface area (Å²) in [6.45, 7) is 0.605. The van der Waals surface area contributed by atoms with Crippen LogP contribution < -0.4 is 5.73 Å². The van der Waals surface area contributed by atoms with Crippen molar-refractivity contribution in [1.82, 2.24) is 9.80 Å². The number of nitrogens with two attached hydrogens (primary N) is 1. The number of aldehydes is 1. The van der Waals surface area contributed by atoms with E-state index in [0.29, 0.717) is 17.5 Å². The Kier molecular flexibility index (Phi) is 5.78. The van der Waals surface area contributed by atoms with Crippen molar-refractivity contribution < 1.29 is 24.7 Å². The number of ketones is 1. The van der Waals surface area contributed by atoms with Gasteiger partial charge in [-0.25, -0.2) is 0 Å². The SMILES string of the molecule is Nc1cccc(C(C(=O)C(C=O)(c2cccc([N+](=O)[O-])c2)N2CC(O)C2)N2CC(O)C2)c1. The number of nitro benzene ring substituents is 1. The Bertz CT molecular complexity index is 1050. The maximum Gasteiger partial charge on any atom is 0.269 e. The van der Waals surface area contributed by atoms with Gasteiger partial charge in [0.05, 0.1) is 23.2 Å². The van der Waals surface area contributed by atoms with Crippen molar-refractivity contribution in [2.75, 3.05) is 31.9 Å². The van der Waals surface area contributed by atoms with Crippen LogP contribution in [-0.2, 0) is 15.1 Å². The molecule has 0 spiro atoms. The number of rotatable bonds is 8. The quantitative estimate of drug-likeness (QED) is 0.172. The lowest BCUT2D eigenvalue weighted by Crippen LogP contribution is -2.67. The Morgan fingerprint density at radius 2 is 1.78 bits per heavy atom. The lowest BCUT2D eigenvalue weighted by molar-refractivity contribution is -0.385. The second kappa shape index (κ2) is 8.40. The van der Waals surface area contributed by atoms with Gasteiger partial charge in [-0.15, -0.1) is 0 Å². The summed E-state index contributed by atoms with van der Waals surface area (Å²) in [4.78, 5) is 40.9. The average molecular weight is 440 g/mol. The number of hydrogen-bond donors (Lipinski definition) is 3. The van der Waals surface area contributed by atoms with Crippen LogP contribution in [-0.4, -0.2) is 75.4 Å². The number of nitrogens with zero attached hydrogens (tertiary/aromatic N) is 3. The second-order valence-corrected chi connectivity index (χ2v) is 8.30. The van der Waals surface area contributed by atoms with E-state index in [9.17, 15) is 29.9 Å². The molecule has 2 heterocycles. The lowest BCUT2D eigenvalue weighted by Gasteiger charge is -2.50. The number of hydrogen-bond acceptors (Lipinski definition) is 9. The molecule has 0 aliphatic carbocycles. The average Bonchev–Trinajstić information content (AvgIpc) is 2.72. The molecule has 2 fully saturated rings. The maximum absolute atomic E-state index is 14.2. The van der Waals surface area contributed by atoms with Crippen molar-refractivity contribution >= 4 is 23.4 Å². The zero-order valence-corrected chi connectivity index (χ0v) is 17.2. The summed E-state index contributed by atoms with van der Waals surface area (Å²) in [7, 11) is 0. The molecule has 4 rings (SSSR count). The normalized spacial score (nSPS) is 20.6. The molecule has 2 atom stereocenters. The molecular formula is C22H24N4O6. The molecule has 0 saturated carbocycles. The van der Waals surface area contributed by atoms with E-state index in [2.05, 4.69) is 0 Å². The number of carbonyl (C=O) groups is 2. The van der Waals surface area contributed by atoms with Gasteiger partial charge in [0.1, 0.15) is 0 Å². The largest absolute Gasteiger partial charge is 0.399 e. The van der Waals surface area contributed by atoms with E-state index >= 15 is 0 Å². The van der Waals surface area contributed by atoms with Gasteiger partial charge < -0.3 is 20.7 Å². The molecule has 0 bridgehead atoms. The van der Waals surface area contributed by atoms with Crippen LogP contribution in [0.15, 0.2) is 48.5 Å². The summed E-state index contributed by atoms with van der Waals surface area (Å²) >= 11 is 0. The highest BCUT2D eigenvalue weighted by Crippen LogP contribution is 2.40. The minimum Gasteiger partial charge on any atom is -0.399 e. The number of likely N-dealkylation sites (tertiary alicyclic amines) is 2. The zero-order chi connectivity index (χ0) is 23.0. The number of non-ortho nitro benzene ring substituents is 1. The molecule has 168 valence electrons. The molecule has 4 N–H and O–H groups in total. The van der Waals surface area contributed by atoms with E-state index in [1.165, 1.54) is 29.2 Å². The molecule has 2 aromatic carbocycles. The van der Waals surface area contributed by atoms with E-state index in [-0.39, 0.29) is 37.4 Å². The molecule has 32 heavy (non-hydrogen) atoms. The third-order valence-corrected chi connectivity index (χ3v) is 6.13. The predicted octanol–water partition coefficient (Wildman–Crippen LogP) is 0.235. The number of β-amino-alcohol motifs (C(OH)–C–C–N with tert-alkyl or cyclic N) is 2. The van der Waals surface area contributed by atoms with Crippen molar-refractivity contribution in [3.8, 4) is 0 Å². The molecule has 2 aromatic rings. The fourth-order valence-corrected chi connectivity index (χ4v) is 4.45. The second-order valence-electron chi connectivity index (χ2n) is 8.30. The molecule has 0 amide bonds. The number of Topliss-reactive ketones (excluding diaryl/α,β-unsaturated/α-hetero) is 1. The fourth-order valence-electron chi connectivity index (χ4n) is 4.45. The molecule has 2 aliphatic rings. The van der Waals surface area contributed by atoms with Crippen molar-refractivity contribution in [2.24, 2.45) is 0 Å². The first kappa shape index (κ1) is 22.0. The highest BCUT2D eigenvalue weighted by Gasteiger charge is 2.54. The van der Waals surface area contributed by atoms with Gasteiger partial charge in [0.15, 0.2) is 17.6 Å². The Labute approximate surface area is 184 Å². The first-order valence-corrected chi connectivity index (χ1v) is 10.2. The van der Waals surface area contributed by atoms with Gasteiger partial charge in [0.2, 0.25) is 0 Å². The summed E-state index contributed by atoms with van der Waals surface area (Å²) in [5.74, 6) is -0.516. The Balaban J connectivity index is 1.85. The summed E-state index contributed by atoms with van der Waals surface area (Å²) in [6.07, 6.45) is -0.811. The predicted molar refractivity (Wildman–Crippen MR) is 115 cm³/mol.